The molecule has 0 radical (unpaired) electrons. The number of nitrogens with one attached hydrogen (secondary N) is 1. The molecule has 0 heterocycles. The van der Waals surface area contributed by atoms with Gasteiger partial charge in [0.05, 0.1) is 13.7 Å². The number of halogens is 3. The molecular weight excluding hydrogens is 271 g/mol. The molecule has 0 saturated carbocycles. The summed E-state index contributed by atoms with van der Waals surface area (Å²) in [6.07, 6.45) is -5.05. The maximum absolute atomic E-state index is 12.0. The number of methoxy groups -OCH3 is 1. The second-order valence-electron chi connectivity index (χ2n) is 4.49. The zero-order valence-corrected chi connectivity index (χ0v) is 11.9. The Balaban J connectivity index is 2.62. The van der Waals surface area contributed by atoms with Crippen molar-refractivity contribution < 1.29 is 22.6 Å². The standard InChI is InChI=1S/C14H20F3NO2/c1-10(18-2)11-5-6-12(13(9-11)19-3)20-8-4-7-14(15,16)17/h5-6,9-10,18H,4,7-8H2,1-3H3. The molecular formula is C14H20F3NO2. The minimum absolute atomic E-state index is 0.0107. The zero-order chi connectivity index (χ0) is 15.2. The van der Waals surface area contributed by atoms with E-state index < -0.39 is 12.6 Å². The molecule has 0 fully saturated rings. The van der Waals surface area contributed by atoms with Gasteiger partial charge in [-0.1, -0.05) is 6.07 Å². The fourth-order valence-corrected chi connectivity index (χ4v) is 1.69. The molecule has 20 heavy (non-hydrogen) atoms. The monoisotopic (exact) mass is 291 g/mol. The van der Waals surface area contributed by atoms with Crippen molar-refractivity contribution in [3.8, 4) is 11.5 Å². The highest BCUT2D eigenvalue weighted by Gasteiger charge is 2.26. The Morgan fingerprint density at radius 1 is 1.25 bits per heavy atom. The summed E-state index contributed by atoms with van der Waals surface area (Å²) in [5.74, 6) is 0.985. The van der Waals surface area contributed by atoms with E-state index in [0.717, 1.165) is 5.56 Å². The molecule has 1 atom stereocenters. The first kappa shape index (κ1) is 16.6. The predicted octanol–water partition coefficient (Wildman–Crippen LogP) is 3.70. The van der Waals surface area contributed by atoms with Crippen LogP contribution >= 0.6 is 0 Å². The van der Waals surface area contributed by atoms with Crippen LogP contribution in [0.2, 0.25) is 0 Å². The van der Waals surface area contributed by atoms with Crippen molar-refractivity contribution in [1.29, 1.82) is 0 Å². The van der Waals surface area contributed by atoms with Crippen LogP contribution in [0.1, 0.15) is 31.4 Å². The summed E-state index contributed by atoms with van der Waals surface area (Å²) in [7, 11) is 3.35. The van der Waals surface area contributed by atoms with Gasteiger partial charge in [-0.15, -0.1) is 0 Å². The van der Waals surface area contributed by atoms with Crippen LogP contribution < -0.4 is 14.8 Å². The van der Waals surface area contributed by atoms with Gasteiger partial charge in [-0.3, -0.25) is 0 Å². The van der Waals surface area contributed by atoms with Crippen LogP contribution in [0.25, 0.3) is 0 Å². The van der Waals surface area contributed by atoms with Gasteiger partial charge in [0.2, 0.25) is 0 Å². The zero-order valence-electron chi connectivity index (χ0n) is 11.9. The van der Waals surface area contributed by atoms with E-state index in [4.69, 9.17) is 9.47 Å². The molecule has 1 rings (SSSR count). The Hall–Kier alpha value is -1.43. The van der Waals surface area contributed by atoms with Gasteiger partial charge < -0.3 is 14.8 Å². The minimum atomic E-state index is -4.14. The summed E-state index contributed by atoms with van der Waals surface area (Å²) in [5, 5.41) is 3.10. The van der Waals surface area contributed by atoms with Crippen LogP contribution in [-0.4, -0.2) is 26.9 Å². The Labute approximate surface area is 117 Å². The van der Waals surface area contributed by atoms with E-state index in [1.165, 1.54) is 7.11 Å². The highest BCUT2D eigenvalue weighted by atomic mass is 19.4. The highest BCUT2D eigenvalue weighted by Crippen LogP contribution is 2.30. The lowest BCUT2D eigenvalue weighted by atomic mass is 10.1. The number of ether oxygens (including phenoxy) is 2. The minimum Gasteiger partial charge on any atom is -0.493 e. The van der Waals surface area contributed by atoms with E-state index in [2.05, 4.69) is 5.32 Å². The Kier molecular flexibility index (Phi) is 6.13. The first-order valence-electron chi connectivity index (χ1n) is 6.42. The number of hydrogen-bond donors (Lipinski definition) is 1. The van der Waals surface area contributed by atoms with E-state index >= 15 is 0 Å². The molecule has 1 aromatic rings. The second-order valence-corrected chi connectivity index (χ2v) is 4.49. The second kappa shape index (κ2) is 7.38. The SMILES string of the molecule is CNC(C)c1ccc(OCCCC(F)(F)F)c(OC)c1. The molecule has 0 aliphatic heterocycles. The molecule has 114 valence electrons. The normalized spacial score (nSPS) is 13.1. The Morgan fingerprint density at radius 3 is 2.50 bits per heavy atom. The maximum atomic E-state index is 12.0. The molecule has 0 aliphatic rings. The van der Waals surface area contributed by atoms with E-state index in [1.54, 1.807) is 6.07 Å². The lowest BCUT2D eigenvalue weighted by Gasteiger charge is -2.15. The van der Waals surface area contributed by atoms with Crippen LogP contribution in [0, 0.1) is 0 Å². The summed E-state index contributed by atoms with van der Waals surface area (Å²) in [4.78, 5) is 0. The van der Waals surface area contributed by atoms with Gasteiger partial charge in [-0.05, 0) is 38.1 Å². The van der Waals surface area contributed by atoms with Crippen molar-refractivity contribution in [3.05, 3.63) is 23.8 Å². The molecule has 0 bridgehead atoms. The fraction of sp³-hybridized carbons (Fsp3) is 0.571. The number of benzene rings is 1. The van der Waals surface area contributed by atoms with E-state index in [-0.39, 0.29) is 19.1 Å². The topological polar surface area (TPSA) is 30.5 Å². The van der Waals surface area contributed by atoms with Crippen molar-refractivity contribution in [1.82, 2.24) is 5.32 Å². The molecule has 0 aromatic heterocycles. The average Bonchev–Trinajstić information content (AvgIpc) is 2.41. The van der Waals surface area contributed by atoms with E-state index in [0.29, 0.717) is 11.5 Å². The molecule has 6 heteroatoms. The lowest BCUT2D eigenvalue weighted by Crippen LogP contribution is -2.12. The van der Waals surface area contributed by atoms with Crippen molar-refractivity contribution in [2.24, 2.45) is 0 Å². The number of hydrogen-bond acceptors (Lipinski definition) is 3. The van der Waals surface area contributed by atoms with Crippen molar-refractivity contribution in [3.63, 3.8) is 0 Å². The fourth-order valence-electron chi connectivity index (χ4n) is 1.69. The van der Waals surface area contributed by atoms with Gasteiger partial charge in [0.15, 0.2) is 11.5 Å². The van der Waals surface area contributed by atoms with Crippen LogP contribution in [0.5, 0.6) is 11.5 Å². The van der Waals surface area contributed by atoms with E-state index in [1.807, 2.05) is 26.1 Å². The van der Waals surface area contributed by atoms with Gasteiger partial charge in [-0.2, -0.15) is 13.2 Å². The first-order valence-corrected chi connectivity index (χ1v) is 6.42. The van der Waals surface area contributed by atoms with Gasteiger partial charge in [0, 0.05) is 12.5 Å². The molecule has 0 aliphatic carbocycles. The van der Waals surface area contributed by atoms with Crippen LogP contribution in [0.3, 0.4) is 0 Å². The quantitative estimate of drug-likeness (QED) is 0.777. The molecule has 1 aromatic carbocycles. The largest absolute Gasteiger partial charge is 0.493 e. The third kappa shape index (κ3) is 5.28. The van der Waals surface area contributed by atoms with E-state index in [9.17, 15) is 13.2 Å². The third-order valence-electron chi connectivity index (χ3n) is 2.98. The third-order valence-corrected chi connectivity index (χ3v) is 2.98. The molecule has 1 unspecified atom stereocenters. The molecule has 0 amide bonds. The van der Waals surface area contributed by atoms with Crippen molar-refractivity contribution in [2.75, 3.05) is 20.8 Å². The van der Waals surface area contributed by atoms with Crippen molar-refractivity contribution >= 4 is 0 Å². The van der Waals surface area contributed by atoms with Gasteiger partial charge in [0.1, 0.15) is 0 Å². The van der Waals surface area contributed by atoms with Crippen LogP contribution in [0.4, 0.5) is 13.2 Å². The first-order chi connectivity index (χ1) is 9.37. The number of alkyl halides is 3. The predicted molar refractivity (Wildman–Crippen MR) is 71.3 cm³/mol. The number of rotatable bonds is 7. The van der Waals surface area contributed by atoms with Crippen LogP contribution in [-0.2, 0) is 0 Å². The van der Waals surface area contributed by atoms with Crippen molar-refractivity contribution in [2.45, 2.75) is 32.0 Å². The van der Waals surface area contributed by atoms with Gasteiger partial charge in [0.25, 0.3) is 0 Å². The summed E-state index contributed by atoms with van der Waals surface area (Å²) >= 11 is 0. The molecule has 0 saturated heterocycles. The van der Waals surface area contributed by atoms with Gasteiger partial charge >= 0.3 is 6.18 Å². The Morgan fingerprint density at radius 2 is 1.95 bits per heavy atom. The van der Waals surface area contributed by atoms with Crippen LogP contribution in [0.15, 0.2) is 18.2 Å². The smallest absolute Gasteiger partial charge is 0.389 e. The summed E-state index contributed by atoms with van der Waals surface area (Å²) in [6, 6.07) is 5.56. The van der Waals surface area contributed by atoms with Gasteiger partial charge in [-0.25, -0.2) is 0 Å². The molecule has 0 spiro atoms. The molecule has 1 N–H and O–H groups in total. The summed E-state index contributed by atoms with van der Waals surface area (Å²) in [5.41, 5.74) is 1.02. The summed E-state index contributed by atoms with van der Waals surface area (Å²) in [6.45, 7) is 2.01. The summed E-state index contributed by atoms with van der Waals surface area (Å²) < 4.78 is 46.6. The average molecular weight is 291 g/mol. The highest BCUT2D eigenvalue weighted by molar-refractivity contribution is 5.43. The molecule has 3 nitrogen and oxygen atoms in total. The lowest BCUT2D eigenvalue weighted by molar-refractivity contribution is -0.136. The maximum Gasteiger partial charge on any atom is 0.389 e. The Bertz CT molecular complexity index is 421.